The Kier molecular flexibility index (Phi) is 3.23. The normalized spacial score (nSPS) is 17.6. The Labute approximate surface area is 118 Å². The predicted molar refractivity (Wildman–Crippen MR) is 69.7 cm³/mol. The number of fused-ring (bicyclic) bond motifs is 1. The molecule has 110 valence electrons. The van der Waals surface area contributed by atoms with E-state index < -0.39 is 17.8 Å². The summed E-state index contributed by atoms with van der Waals surface area (Å²) in [6.45, 7) is 0.276. The molecular formula is C15H11F4NO. The second-order valence-electron chi connectivity index (χ2n) is 4.75. The van der Waals surface area contributed by atoms with E-state index in [9.17, 15) is 17.6 Å². The van der Waals surface area contributed by atoms with Crippen molar-refractivity contribution in [3.8, 4) is 5.75 Å². The first kappa shape index (κ1) is 13.7. The summed E-state index contributed by atoms with van der Waals surface area (Å²) >= 11 is 0. The molecule has 0 fully saturated rings. The number of rotatable bonds is 1. The highest BCUT2D eigenvalue weighted by Crippen LogP contribution is 2.39. The van der Waals surface area contributed by atoms with Gasteiger partial charge in [0.1, 0.15) is 17.7 Å². The minimum absolute atomic E-state index is 0.276. The molecule has 0 amide bonds. The van der Waals surface area contributed by atoms with E-state index in [4.69, 9.17) is 4.74 Å². The van der Waals surface area contributed by atoms with Gasteiger partial charge in [0.25, 0.3) is 0 Å². The lowest BCUT2D eigenvalue weighted by molar-refractivity contribution is -0.137. The Morgan fingerprint density at radius 2 is 1.90 bits per heavy atom. The standard InChI is InChI=1S/C15H11F4NO/c16-11-3-1-2-9(6-11)14-8-20-12-7-10(15(17,18)19)4-5-13(12)21-14/h1-7,14,20H,8H2. The highest BCUT2D eigenvalue weighted by molar-refractivity contribution is 5.60. The van der Waals surface area contributed by atoms with Crippen molar-refractivity contribution in [2.45, 2.75) is 12.3 Å². The molecule has 6 heteroatoms. The monoisotopic (exact) mass is 297 g/mol. The molecule has 2 aromatic carbocycles. The number of halogens is 4. The highest BCUT2D eigenvalue weighted by atomic mass is 19.4. The maximum absolute atomic E-state index is 13.2. The smallest absolute Gasteiger partial charge is 0.416 e. The van der Waals surface area contributed by atoms with Crippen LogP contribution in [-0.4, -0.2) is 6.54 Å². The van der Waals surface area contributed by atoms with Crippen molar-refractivity contribution in [1.29, 1.82) is 0 Å². The molecule has 0 bridgehead atoms. The maximum Gasteiger partial charge on any atom is 0.416 e. The van der Waals surface area contributed by atoms with Crippen LogP contribution in [-0.2, 0) is 6.18 Å². The summed E-state index contributed by atoms with van der Waals surface area (Å²) in [5, 5.41) is 2.90. The fourth-order valence-corrected chi connectivity index (χ4v) is 2.24. The van der Waals surface area contributed by atoms with Crippen molar-refractivity contribution in [3.63, 3.8) is 0 Å². The Morgan fingerprint density at radius 3 is 2.62 bits per heavy atom. The van der Waals surface area contributed by atoms with Gasteiger partial charge in [-0.25, -0.2) is 4.39 Å². The minimum atomic E-state index is -4.39. The van der Waals surface area contributed by atoms with E-state index in [0.717, 1.165) is 12.1 Å². The van der Waals surface area contributed by atoms with E-state index in [1.54, 1.807) is 12.1 Å². The summed E-state index contributed by atoms with van der Waals surface area (Å²) in [6.07, 6.45) is -4.83. The molecule has 2 nitrogen and oxygen atoms in total. The largest absolute Gasteiger partial charge is 0.482 e. The van der Waals surface area contributed by atoms with Gasteiger partial charge in [-0.3, -0.25) is 0 Å². The van der Waals surface area contributed by atoms with E-state index >= 15 is 0 Å². The number of nitrogens with one attached hydrogen (secondary N) is 1. The summed E-state index contributed by atoms with van der Waals surface area (Å²) in [7, 11) is 0. The van der Waals surface area contributed by atoms with Crippen molar-refractivity contribution in [2.24, 2.45) is 0 Å². The molecule has 1 aliphatic rings. The quantitative estimate of drug-likeness (QED) is 0.788. The van der Waals surface area contributed by atoms with Gasteiger partial charge in [-0.05, 0) is 35.9 Å². The molecule has 0 saturated carbocycles. The van der Waals surface area contributed by atoms with Crippen LogP contribution in [0, 0.1) is 5.82 Å². The van der Waals surface area contributed by atoms with Crippen LogP contribution in [0.3, 0.4) is 0 Å². The fraction of sp³-hybridized carbons (Fsp3) is 0.200. The molecule has 1 N–H and O–H groups in total. The third kappa shape index (κ3) is 2.79. The van der Waals surface area contributed by atoms with Gasteiger partial charge in [0.15, 0.2) is 0 Å². The van der Waals surface area contributed by atoms with E-state index in [2.05, 4.69) is 5.32 Å². The van der Waals surface area contributed by atoms with E-state index in [1.165, 1.54) is 18.2 Å². The topological polar surface area (TPSA) is 21.3 Å². The lowest BCUT2D eigenvalue weighted by Crippen LogP contribution is -2.24. The molecule has 0 saturated heterocycles. The number of hydrogen-bond donors (Lipinski definition) is 1. The van der Waals surface area contributed by atoms with Gasteiger partial charge in [-0.2, -0.15) is 13.2 Å². The Hall–Kier alpha value is -2.24. The van der Waals surface area contributed by atoms with Crippen LogP contribution in [0.4, 0.5) is 23.2 Å². The van der Waals surface area contributed by atoms with Crippen molar-refractivity contribution >= 4 is 5.69 Å². The first-order chi connectivity index (χ1) is 9.93. The number of alkyl halides is 3. The molecule has 0 aromatic heterocycles. The van der Waals surface area contributed by atoms with Gasteiger partial charge in [-0.15, -0.1) is 0 Å². The SMILES string of the molecule is Fc1cccc(C2CNc3cc(C(F)(F)F)ccc3O2)c1. The van der Waals surface area contributed by atoms with E-state index in [-0.39, 0.29) is 18.0 Å². The number of anilines is 1. The molecule has 0 aliphatic carbocycles. The zero-order valence-corrected chi connectivity index (χ0v) is 10.7. The van der Waals surface area contributed by atoms with Gasteiger partial charge in [0.2, 0.25) is 0 Å². The van der Waals surface area contributed by atoms with Crippen LogP contribution in [0.1, 0.15) is 17.2 Å². The van der Waals surface area contributed by atoms with Gasteiger partial charge >= 0.3 is 6.18 Å². The maximum atomic E-state index is 13.2. The van der Waals surface area contributed by atoms with E-state index in [1.807, 2.05) is 0 Å². The van der Waals surface area contributed by atoms with Crippen LogP contribution in [0.25, 0.3) is 0 Å². The number of hydrogen-bond acceptors (Lipinski definition) is 2. The van der Waals surface area contributed by atoms with Gasteiger partial charge < -0.3 is 10.1 Å². The van der Waals surface area contributed by atoms with Gasteiger partial charge in [0, 0.05) is 0 Å². The molecule has 21 heavy (non-hydrogen) atoms. The number of ether oxygens (including phenoxy) is 1. The van der Waals surface area contributed by atoms with Gasteiger partial charge in [-0.1, -0.05) is 12.1 Å². The van der Waals surface area contributed by atoms with Crippen LogP contribution in [0.15, 0.2) is 42.5 Å². The Bertz CT molecular complexity index is 669. The third-order valence-electron chi connectivity index (χ3n) is 3.27. The van der Waals surface area contributed by atoms with Crippen LogP contribution >= 0.6 is 0 Å². The summed E-state index contributed by atoms with van der Waals surface area (Å²) in [4.78, 5) is 0. The average molecular weight is 297 g/mol. The zero-order chi connectivity index (χ0) is 15.0. The van der Waals surface area contributed by atoms with Crippen LogP contribution in [0.5, 0.6) is 5.75 Å². The van der Waals surface area contributed by atoms with Crippen molar-refractivity contribution < 1.29 is 22.3 Å². The molecule has 1 heterocycles. The fourth-order valence-electron chi connectivity index (χ4n) is 2.24. The lowest BCUT2D eigenvalue weighted by atomic mass is 10.1. The molecule has 1 atom stereocenters. The summed E-state index contributed by atoms with van der Waals surface area (Å²) in [5.41, 5.74) is 0.187. The lowest BCUT2D eigenvalue weighted by Gasteiger charge is -2.28. The summed E-state index contributed by atoms with van der Waals surface area (Å²) in [5.74, 6) is -0.0576. The Morgan fingerprint density at radius 1 is 1.10 bits per heavy atom. The third-order valence-corrected chi connectivity index (χ3v) is 3.27. The van der Waals surface area contributed by atoms with Gasteiger partial charge in [0.05, 0.1) is 17.8 Å². The van der Waals surface area contributed by atoms with Crippen LogP contribution < -0.4 is 10.1 Å². The van der Waals surface area contributed by atoms with Crippen molar-refractivity contribution in [1.82, 2.24) is 0 Å². The predicted octanol–water partition coefficient (Wildman–Crippen LogP) is 4.39. The molecule has 3 rings (SSSR count). The van der Waals surface area contributed by atoms with Crippen molar-refractivity contribution in [2.75, 3.05) is 11.9 Å². The molecule has 0 spiro atoms. The average Bonchev–Trinajstić information content (AvgIpc) is 2.45. The molecule has 2 aromatic rings. The second kappa shape index (κ2) is 4.95. The first-order valence-corrected chi connectivity index (χ1v) is 6.31. The highest BCUT2D eigenvalue weighted by Gasteiger charge is 2.32. The summed E-state index contributed by atoms with van der Waals surface area (Å²) in [6, 6.07) is 9.20. The summed E-state index contributed by atoms with van der Waals surface area (Å²) < 4.78 is 56.7. The second-order valence-corrected chi connectivity index (χ2v) is 4.75. The number of benzene rings is 2. The van der Waals surface area contributed by atoms with Crippen LogP contribution in [0.2, 0.25) is 0 Å². The van der Waals surface area contributed by atoms with Crippen molar-refractivity contribution in [3.05, 3.63) is 59.4 Å². The Balaban J connectivity index is 1.86. The minimum Gasteiger partial charge on any atom is -0.482 e. The molecular weight excluding hydrogens is 286 g/mol. The van der Waals surface area contributed by atoms with E-state index in [0.29, 0.717) is 11.3 Å². The molecule has 1 unspecified atom stereocenters. The first-order valence-electron chi connectivity index (χ1n) is 6.31. The molecule has 1 aliphatic heterocycles. The molecule has 0 radical (unpaired) electrons. The zero-order valence-electron chi connectivity index (χ0n) is 10.7.